The number of aromatic nitrogens is 1. The van der Waals surface area contributed by atoms with E-state index < -0.39 is 5.60 Å². The van der Waals surface area contributed by atoms with E-state index in [9.17, 15) is 9.90 Å². The molecule has 1 amide bonds. The van der Waals surface area contributed by atoms with Gasteiger partial charge in [-0.2, -0.15) is 0 Å². The highest BCUT2D eigenvalue weighted by Crippen LogP contribution is 2.10. The second-order valence-corrected chi connectivity index (χ2v) is 5.13. The molecule has 0 aliphatic heterocycles. The molecule has 1 atom stereocenters. The second kappa shape index (κ2) is 4.93. The molecule has 0 saturated heterocycles. The average molecular weight is 287 g/mol. The number of carbonyl (C=O) groups is 1. The molecule has 88 valence electrons. The van der Waals surface area contributed by atoms with Gasteiger partial charge in [0.2, 0.25) is 0 Å². The van der Waals surface area contributed by atoms with Gasteiger partial charge in [-0.25, -0.2) is 4.98 Å². The first-order valence-corrected chi connectivity index (χ1v) is 5.75. The molecular weight excluding hydrogens is 272 g/mol. The number of pyridine rings is 1. The van der Waals surface area contributed by atoms with Crippen LogP contribution >= 0.6 is 15.9 Å². The summed E-state index contributed by atoms with van der Waals surface area (Å²) in [6.07, 6.45) is 1.56. The fraction of sp³-hybridized carbons (Fsp3) is 0.455. The van der Waals surface area contributed by atoms with Gasteiger partial charge in [-0.15, -0.1) is 0 Å². The summed E-state index contributed by atoms with van der Waals surface area (Å²) in [7, 11) is 0. The van der Waals surface area contributed by atoms with Gasteiger partial charge in [-0.3, -0.25) is 4.79 Å². The third kappa shape index (κ3) is 3.57. The standard InChI is InChI=1S/C11H15BrN2O2/c1-7(11(2,3)16)14-10(15)9-5-4-8(12)6-13-9/h4-7,16H,1-3H3,(H,14,15)/t7-/m1/s1. The fourth-order valence-electron chi connectivity index (χ4n) is 0.957. The largest absolute Gasteiger partial charge is 0.388 e. The van der Waals surface area contributed by atoms with Gasteiger partial charge in [0.15, 0.2) is 0 Å². The van der Waals surface area contributed by atoms with Crippen LogP contribution in [0.4, 0.5) is 0 Å². The van der Waals surface area contributed by atoms with Gasteiger partial charge in [0.1, 0.15) is 5.69 Å². The van der Waals surface area contributed by atoms with E-state index in [0.717, 1.165) is 4.47 Å². The Balaban J connectivity index is 2.70. The first-order valence-electron chi connectivity index (χ1n) is 4.95. The normalized spacial score (nSPS) is 13.3. The Kier molecular flexibility index (Phi) is 4.04. The minimum absolute atomic E-state index is 0.290. The summed E-state index contributed by atoms with van der Waals surface area (Å²) in [5, 5.41) is 12.4. The highest BCUT2D eigenvalue weighted by atomic mass is 79.9. The number of aliphatic hydroxyl groups is 1. The van der Waals surface area contributed by atoms with Gasteiger partial charge in [0, 0.05) is 10.7 Å². The van der Waals surface area contributed by atoms with E-state index in [-0.39, 0.29) is 11.9 Å². The van der Waals surface area contributed by atoms with Crippen LogP contribution in [0.3, 0.4) is 0 Å². The summed E-state index contributed by atoms with van der Waals surface area (Å²) < 4.78 is 0.819. The molecule has 0 spiro atoms. The lowest BCUT2D eigenvalue weighted by molar-refractivity contribution is 0.0407. The van der Waals surface area contributed by atoms with Crippen LogP contribution in [0.5, 0.6) is 0 Å². The first-order chi connectivity index (χ1) is 7.30. The maximum absolute atomic E-state index is 11.7. The van der Waals surface area contributed by atoms with E-state index in [1.165, 1.54) is 0 Å². The van der Waals surface area contributed by atoms with Crippen LogP contribution < -0.4 is 5.32 Å². The molecule has 0 fully saturated rings. The Morgan fingerprint density at radius 1 is 1.56 bits per heavy atom. The van der Waals surface area contributed by atoms with E-state index >= 15 is 0 Å². The Morgan fingerprint density at radius 2 is 2.19 bits per heavy atom. The number of nitrogens with one attached hydrogen (secondary N) is 1. The van der Waals surface area contributed by atoms with Gasteiger partial charge in [0.25, 0.3) is 5.91 Å². The fourth-order valence-corrected chi connectivity index (χ4v) is 1.19. The Bertz CT molecular complexity index is 371. The minimum atomic E-state index is -0.953. The molecule has 0 saturated carbocycles. The molecule has 0 aliphatic rings. The van der Waals surface area contributed by atoms with Crippen molar-refractivity contribution in [2.45, 2.75) is 32.4 Å². The van der Waals surface area contributed by atoms with Gasteiger partial charge < -0.3 is 10.4 Å². The molecule has 1 heterocycles. The number of halogens is 1. The van der Waals surface area contributed by atoms with Crippen molar-refractivity contribution >= 4 is 21.8 Å². The summed E-state index contributed by atoms with van der Waals surface area (Å²) in [5.74, 6) is -0.290. The SMILES string of the molecule is C[C@@H](NC(=O)c1ccc(Br)cn1)C(C)(C)O. The minimum Gasteiger partial charge on any atom is -0.388 e. The molecule has 0 radical (unpaired) electrons. The van der Waals surface area contributed by atoms with Crippen molar-refractivity contribution in [1.82, 2.24) is 10.3 Å². The topological polar surface area (TPSA) is 62.2 Å². The number of amides is 1. The monoisotopic (exact) mass is 286 g/mol. The number of nitrogens with zero attached hydrogens (tertiary/aromatic N) is 1. The summed E-state index contributed by atoms with van der Waals surface area (Å²) in [6, 6.07) is 3.03. The zero-order valence-corrected chi connectivity index (χ0v) is 11.1. The van der Waals surface area contributed by atoms with Crippen LogP contribution in [-0.4, -0.2) is 27.6 Å². The van der Waals surface area contributed by atoms with Gasteiger partial charge in [0.05, 0.1) is 11.6 Å². The van der Waals surface area contributed by atoms with Crippen LogP contribution in [0, 0.1) is 0 Å². The smallest absolute Gasteiger partial charge is 0.270 e. The van der Waals surface area contributed by atoms with Gasteiger partial charge in [-0.1, -0.05) is 0 Å². The van der Waals surface area contributed by atoms with E-state index in [0.29, 0.717) is 5.69 Å². The van der Waals surface area contributed by atoms with E-state index in [2.05, 4.69) is 26.2 Å². The summed E-state index contributed by atoms with van der Waals surface area (Å²) in [4.78, 5) is 15.7. The number of carbonyl (C=O) groups excluding carboxylic acids is 1. The Hall–Kier alpha value is -0.940. The van der Waals surface area contributed by atoms with Gasteiger partial charge in [-0.05, 0) is 48.8 Å². The molecule has 0 bridgehead atoms. The molecule has 2 N–H and O–H groups in total. The molecular formula is C11H15BrN2O2. The molecule has 1 aromatic rings. The predicted octanol–water partition coefficient (Wildman–Crippen LogP) is 1.73. The van der Waals surface area contributed by atoms with Gasteiger partial charge >= 0.3 is 0 Å². The quantitative estimate of drug-likeness (QED) is 0.890. The highest BCUT2D eigenvalue weighted by molar-refractivity contribution is 9.10. The summed E-state index contributed by atoms with van der Waals surface area (Å²) >= 11 is 3.24. The molecule has 0 aromatic carbocycles. The number of rotatable bonds is 3. The maximum Gasteiger partial charge on any atom is 0.270 e. The summed E-state index contributed by atoms with van der Waals surface area (Å²) in [6.45, 7) is 5.04. The third-order valence-electron chi connectivity index (χ3n) is 2.37. The first kappa shape index (κ1) is 13.1. The van der Waals surface area contributed by atoms with Crippen LogP contribution in [0.2, 0.25) is 0 Å². The van der Waals surface area contributed by atoms with Crippen LogP contribution in [0.1, 0.15) is 31.3 Å². The third-order valence-corrected chi connectivity index (χ3v) is 2.84. The molecule has 4 nitrogen and oxygen atoms in total. The van der Waals surface area contributed by atoms with Crippen LogP contribution in [-0.2, 0) is 0 Å². The Labute approximate surface area is 103 Å². The Morgan fingerprint density at radius 3 is 2.62 bits per heavy atom. The predicted molar refractivity (Wildman–Crippen MR) is 65.2 cm³/mol. The van der Waals surface area contributed by atoms with Crippen molar-refractivity contribution in [1.29, 1.82) is 0 Å². The lowest BCUT2D eigenvalue weighted by atomic mass is 10.0. The van der Waals surface area contributed by atoms with Crippen molar-refractivity contribution in [2.24, 2.45) is 0 Å². The van der Waals surface area contributed by atoms with E-state index in [4.69, 9.17) is 0 Å². The van der Waals surface area contributed by atoms with Crippen LogP contribution in [0.25, 0.3) is 0 Å². The molecule has 0 unspecified atom stereocenters. The lowest BCUT2D eigenvalue weighted by Crippen LogP contribution is -2.47. The van der Waals surface area contributed by atoms with Crippen molar-refractivity contribution < 1.29 is 9.90 Å². The molecule has 16 heavy (non-hydrogen) atoms. The molecule has 5 heteroatoms. The zero-order chi connectivity index (χ0) is 12.3. The lowest BCUT2D eigenvalue weighted by Gasteiger charge is -2.26. The van der Waals surface area contributed by atoms with E-state index in [1.54, 1.807) is 39.1 Å². The molecule has 1 rings (SSSR count). The van der Waals surface area contributed by atoms with Crippen molar-refractivity contribution in [3.05, 3.63) is 28.5 Å². The molecule has 1 aromatic heterocycles. The van der Waals surface area contributed by atoms with Crippen LogP contribution in [0.15, 0.2) is 22.8 Å². The zero-order valence-electron chi connectivity index (χ0n) is 9.49. The summed E-state index contributed by atoms with van der Waals surface area (Å²) in [5.41, 5.74) is -0.621. The van der Waals surface area contributed by atoms with Crippen molar-refractivity contribution in [3.63, 3.8) is 0 Å². The van der Waals surface area contributed by atoms with Crippen molar-refractivity contribution in [3.8, 4) is 0 Å². The molecule has 0 aliphatic carbocycles. The van der Waals surface area contributed by atoms with Crippen molar-refractivity contribution in [2.75, 3.05) is 0 Å². The number of hydrogen-bond acceptors (Lipinski definition) is 3. The highest BCUT2D eigenvalue weighted by Gasteiger charge is 2.24. The van der Waals surface area contributed by atoms with E-state index in [1.807, 2.05) is 0 Å². The maximum atomic E-state index is 11.7. The average Bonchev–Trinajstić information content (AvgIpc) is 2.17. The second-order valence-electron chi connectivity index (χ2n) is 4.21. The number of hydrogen-bond donors (Lipinski definition) is 2.